The van der Waals surface area contributed by atoms with Gasteiger partial charge in [-0.05, 0) is 38.0 Å². The molecule has 8 heteroatoms. The van der Waals surface area contributed by atoms with Crippen LogP contribution >= 0.6 is 0 Å². The molecule has 2 aromatic rings. The van der Waals surface area contributed by atoms with Crippen molar-refractivity contribution in [3.8, 4) is 0 Å². The first-order chi connectivity index (χ1) is 10.3. The maximum absolute atomic E-state index is 12.4. The van der Waals surface area contributed by atoms with Gasteiger partial charge in [-0.25, -0.2) is 17.9 Å². The molecule has 120 valence electrons. The second-order valence-electron chi connectivity index (χ2n) is 5.92. The zero-order valence-corrected chi connectivity index (χ0v) is 13.4. The highest BCUT2D eigenvalue weighted by Crippen LogP contribution is 2.36. The van der Waals surface area contributed by atoms with Crippen molar-refractivity contribution in [1.29, 1.82) is 0 Å². The number of aromatic nitrogens is 2. The van der Waals surface area contributed by atoms with Crippen molar-refractivity contribution in [3.63, 3.8) is 0 Å². The number of aromatic amines is 1. The first-order valence-electron chi connectivity index (χ1n) is 7.10. The molecule has 7 nitrogen and oxygen atoms in total. The number of ether oxygens (including phenoxy) is 1. The molecule has 0 atom stereocenters. The minimum absolute atomic E-state index is 0.160. The topological polar surface area (TPSA) is 93.2 Å². The van der Waals surface area contributed by atoms with E-state index in [9.17, 15) is 13.2 Å². The fourth-order valence-electron chi connectivity index (χ4n) is 2.39. The zero-order chi connectivity index (χ0) is 16.0. The van der Waals surface area contributed by atoms with Crippen molar-refractivity contribution in [2.75, 3.05) is 13.7 Å². The predicted octanol–water partition coefficient (Wildman–Crippen LogP) is 0.807. The standard InChI is InChI=1S/C14H19N3O4S/c1-14(5-6-14)16-22(19,20)10-3-4-12-11(9-10)15-13(18)17(12)7-8-21-2/h3-4,9,16H,5-8H2,1-2H3,(H,15,18). The van der Waals surface area contributed by atoms with Crippen molar-refractivity contribution in [1.82, 2.24) is 14.3 Å². The molecule has 1 aromatic heterocycles. The molecule has 0 aliphatic heterocycles. The van der Waals surface area contributed by atoms with Crippen LogP contribution in [0.3, 0.4) is 0 Å². The lowest BCUT2D eigenvalue weighted by atomic mass is 10.3. The normalized spacial score (nSPS) is 17.0. The first kappa shape index (κ1) is 15.3. The summed E-state index contributed by atoms with van der Waals surface area (Å²) in [5.74, 6) is 0. The molecule has 0 unspecified atom stereocenters. The van der Waals surface area contributed by atoms with Crippen molar-refractivity contribution < 1.29 is 13.2 Å². The Labute approximate surface area is 128 Å². The number of hydrogen-bond acceptors (Lipinski definition) is 4. The molecule has 0 spiro atoms. The summed E-state index contributed by atoms with van der Waals surface area (Å²) >= 11 is 0. The third-order valence-electron chi connectivity index (χ3n) is 3.96. The molecule has 3 rings (SSSR count). The second-order valence-corrected chi connectivity index (χ2v) is 7.60. The van der Waals surface area contributed by atoms with Crippen molar-refractivity contribution in [2.45, 2.75) is 36.7 Å². The van der Waals surface area contributed by atoms with E-state index in [4.69, 9.17) is 4.74 Å². The van der Waals surface area contributed by atoms with Crippen LogP contribution in [0.15, 0.2) is 27.9 Å². The highest BCUT2D eigenvalue weighted by atomic mass is 32.2. The van der Waals surface area contributed by atoms with E-state index in [-0.39, 0.29) is 16.1 Å². The average molecular weight is 325 g/mol. The second kappa shape index (κ2) is 5.22. The van der Waals surface area contributed by atoms with Gasteiger partial charge in [0.1, 0.15) is 0 Å². The Morgan fingerprint density at radius 1 is 1.41 bits per heavy atom. The van der Waals surface area contributed by atoms with Gasteiger partial charge in [0.05, 0.1) is 29.1 Å². The molecular formula is C14H19N3O4S. The van der Waals surface area contributed by atoms with E-state index >= 15 is 0 Å². The first-order valence-corrected chi connectivity index (χ1v) is 8.58. The monoisotopic (exact) mass is 325 g/mol. The minimum Gasteiger partial charge on any atom is -0.383 e. The van der Waals surface area contributed by atoms with E-state index in [1.165, 1.54) is 16.7 Å². The van der Waals surface area contributed by atoms with Gasteiger partial charge in [-0.2, -0.15) is 0 Å². The summed E-state index contributed by atoms with van der Waals surface area (Å²) in [5.41, 5.74) is 0.568. The Kier molecular flexibility index (Phi) is 3.62. The maximum atomic E-state index is 12.4. The lowest BCUT2D eigenvalue weighted by Crippen LogP contribution is -2.34. The van der Waals surface area contributed by atoms with E-state index < -0.39 is 10.0 Å². The van der Waals surface area contributed by atoms with E-state index in [1.54, 1.807) is 13.2 Å². The molecule has 1 fully saturated rings. The van der Waals surface area contributed by atoms with Gasteiger partial charge in [0.15, 0.2) is 0 Å². The summed E-state index contributed by atoms with van der Waals surface area (Å²) in [4.78, 5) is 14.8. The molecular weight excluding hydrogens is 306 g/mol. The maximum Gasteiger partial charge on any atom is 0.326 e. The lowest BCUT2D eigenvalue weighted by Gasteiger charge is -2.12. The third kappa shape index (κ3) is 2.81. The van der Waals surface area contributed by atoms with Gasteiger partial charge in [-0.1, -0.05) is 0 Å². The predicted molar refractivity (Wildman–Crippen MR) is 82.4 cm³/mol. The summed E-state index contributed by atoms with van der Waals surface area (Å²) in [6.07, 6.45) is 1.69. The van der Waals surface area contributed by atoms with Gasteiger partial charge in [-0.15, -0.1) is 0 Å². The molecule has 1 aliphatic rings. The number of sulfonamides is 1. The van der Waals surface area contributed by atoms with Crippen LogP contribution in [0, 0.1) is 0 Å². The number of H-pyrrole nitrogens is 1. The van der Waals surface area contributed by atoms with Crippen LogP contribution in [0.5, 0.6) is 0 Å². The summed E-state index contributed by atoms with van der Waals surface area (Å²) in [6.45, 7) is 2.71. The van der Waals surface area contributed by atoms with Gasteiger partial charge < -0.3 is 9.72 Å². The van der Waals surface area contributed by atoms with Crippen LogP contribution in [0.25, 0.3) is 11.0 Å². The van der Waals surface area contributed by atoms with Crippen LogP contribution < -0.4 is 10.4 Å². The largest absolute Gasteiger partial charge is 0.383 e. The van der Waals surface area contributed by atoms with Crippen LogP contribution in [0.4, 0.5) is 0 Å². The quantitative estimate of drug-likeness (QED) is 0.822. The van der Waals surface area contributed by atoms with Crippen LogP contribution in [0.1, 0.15) is 19.8 Å². The Hall–Kier alpha value is -1.64. The van der Waals surface area contributed by atoms with Gasteiger partial charge >= 0.3 is 5.69 Å². The molecule has 22 heavy (non-hydrogen) atoms. The van der Waals surface area contributed by atoms with E-state index in [2.05, 4.69) is 9.71 Å². The number of hydrogen-bond donors (Lipinski definition) is 2. The summed E-state index contributed by atoms with van der Waals surface area (Å²) in [7, 11) is -2.01. The zero-order valence-electron chi connectivity index (χ0n) is 12.5. The van der Waals surface area contributed by atoms with Crippen molar-refractivity contribution in [3.05, 3.63) is 28.7 Å². The Morgan fingerprint density at radius 3 is 2.77 bits per heavy atom. The van der Waals surface area contributed by atoms with Crippen molar-refractivity contribution in [2.24, 2.45) is 0 Å². The fourth-order valence-corrected chi connectivity index (χ4v) is 3.88. The van der Waals surface area contributed by atoms with Crippen molar-refractivity contribution >= 4 is 21.1 Å². The van der Waals surface area contributed by atoms with E-state index in [0.717, 1.165) is 12.8 Å². The molecule has 0 amide bonds. The van der Waals surface area contributed by atoms with E-state index in [0.29, 0.717) is 24.2 Å². The summed E-state index contributed by atoms with van der Waals surface area (Å²) in [6, 6.07) is 4.66. The number of nitrogens with one attached hydrogen (secondary N) is 2. The van der Waals surface area contributed by atoms with Gasteiger partial charge in [0.25, 0.3) is 0 Å². The summed E-state index contributed by atoms with van der Waals surface area (Å²) < 4.78 is 33.9. The molecule has 0 radical (unpaired) electrons. The Morgan fingerprint density at radius 2 is 2.14 bits per heavy atom. The third-order valence-corrected chi connectivity index (χ3v) is 5.59. The number of fused-ring (bicyclic) bond motifs is 1. The highest BCUT2D eigenvalue weighted by Gasteiger charge is 2.41. The summed E-state index contributed by atoms with van der Waals surface area (Å²) in [5, 5.41) is 0. The molecule has 0 bridgehead atoms. The number of rotatable bonds is 6. The fraction of sp³-hybridized carbons (Fsp3) is 0.500. The number of imidazole rings is 1. The van der Waals surface area contributed by atoms with E-state index in [1.807, 2.05) is 6.92 Å². The van der Waals surface area contributed by atoms with Crippen LogP contribution in [-0.4, -0.2) is 37.2 Å². The number of nitrogens with zero attached hydrogens (tertiary/aromatic N) is 1. The average Bonchev–Trinajstić information content (AvgIpc) is 3.07. The Bertz CT molecular complexity index is 862. The molecule has 1 aliphatic carbocycles. The Balaban J connectivity index is 1.98. The van der Waals surface area contributed by atoms with Gasteiger partial charge in [0.2, 0.25) is 10.0 Å². The molecule has 0 saturated heterocycles. The van der Waals surface area contributed by atoms with Crippen LogP contribution in [-0.2, 0) is 21.3 Å². The minimum atomic E-state index is -3.57. The molecule has 2 N–H and O–H groups in total. The molecule has 1 heterocycles. The SMILES string of the molecule is COCCn1c(=O)[nH]c2cc(S(=O)(=O)NC3(C)CC3)ccc21. The lowest BCUT2D eigenvalue weighted by molar-refractivity contribution is 0.187. The number of methoxy groups -OCH3 is 1. The molecule has 1 saturated carbocycles. The van der Waals surface area contributed by atoms with Gasteiger partial charge in [0, 0.05) is 12.6 Å². The van der Waals surface area contributed by atoms with Crippen LogP contribution in [0.2, 0.25) is 0 Å². The smallest absolute Gasteiger partial charge is 0.326 e. The molecule has 1 aromatic carbocycles. The number of benzene rings is 1. The van der Waals surface area contributed by atoms with Gasteiger partial charge in [-0.3, -0.25) is 4.57 Å². The highest BCUT2D eigenvalue weighted by molar-refractivity contribution is 7.89.